The third-order valence-corrected chi connectivity index (χ3v) is 5.74. The zero-order valence-corrected chi connectivity index (χ0v) is 15.2. The Bertz CT molecular complexity index is 553. The number of aliphatic hydroxyl groups is 1. The minimum Gasteiger partial charge on any atom is -0.396 e. The van der Waals surface area contributed by atoms with Gasteiger partial charge < -0.3 is 10.0 Å². The van der Waals surface area contributed by atoms with Gasteiger partial charge in [0.15, 0.2) is 0 Å². The summed E-state index contributed by atoms with van der Waals surface area (Å²) >= 11 is 4.77. The lowest BCUT2D eigenvalue weighted by atomic mass is 9.89. The number of nitrogens with zero attached hydrogens (tertiary/aromatic N) is 1. The summed E-state index contributed by atoms with van der Waals surface area (Å²) < 4.78 is 13.8. The number of thioether (sulfide) groups is 1. The topological polar surface area (TPSA) is 40.5 Å². The van der Waals surface area contributed by atoms with Crippen molar-refractivity contribution in [1.82, 2.24) is 4.90 Å². The van der Waals surface area contributed by atoms with Crippen molar-refractivity contribution in [3.05, 3.63) is 34.1 Å². The van der Waals surface area contributed by atoms with Crippen molar-refractivity contribution in [2.75, 3.05) is 18.9 Å². The molecule has 1 amide bonds. The lowest BCUT2D eigenvalue weighted by Gasteiger charge is -2.27. The van der Waals surface area contributed by atoms with E-state index in [-0.39, 0.29) is 29.1 Å². The second-order valence-corrected chi connectivity index (χ2v) is 8.27. The summed E-state index contributed by atoms with van der Waals surface area (Å²) in [6, 6.07) is 4.91. The van der Waals surface area contributed by atoms with Gasteiger partial charge in [0, 0.05) is 13.2 Å². The number of hydrogen-bond donors (Lipinski definition) is 1. The van der Waals surface area contributed by atoms with Gasteiger partial charge in [0.2, 0.25) is 5.91 Å². The lowest BCUT2D eigenvalue weighted by molar-refractivity contribution is -0.128. The van der Waals surface area contributed by atoms with Crippen molar-refractivity contribution in [3.8, 4) is 0 Å². The minimum atomic E-state index is -0.297. The third kappa shape index (κ3) is 4.24. The standard InChI is InChI=1S/C16H21BrFNO2S/c1-16(2,10-20)6-3-7-19-14(21)9-22-15(19)11-4-5-13(18)12(17)8-11/h4-5,8,15,20H,3,6-7,9-10H2,1-2H3. The molecule has 1 atom stereocenters. The Morgan fingerprint density at radius 3 is 2.86 bits per heavy atom. The number of carbonyl (C=O) groups is 1. The summed E-state index contributed by atoms with van der Waals surface area (Å²) in [6.45, 7) is 4.84. The molecule has 1 unspecified atom stereocenters. The average Bonchev–Trinajstić information content (AvgIpc) is 2.83. The summed E-state index contributed by atoms with van der Waals surface area (Å²) in [5.74, 6) is 0.287. The predicted octanol–water partition coefficient (Wildman–Crippen LogP) is 3.96. The van der Waals surface area contributed by atoms with E-state index in [1.54, 1.807) is 23.9 Å². The summed E-state index contributed by atoms with van der Waals surface area (Å²) in [5, 5.41) is 9.25. The average molecular weight is 390 g/mol. The lowest BCUT2D eigenvalue weighted by Crippen LogP contribution is -2.30. The van der Waals surface area contributed by atoms with Gasteiger partial charge in [-0.15, -0.1) is 11.8 Å². The van der Waals surface area contributed by atoms with Crippen LogP contribution in [0.1, 0.15) is 37.6 Å². The highest BCUT2D eigenvalue weighted by Crippen LogP contribution is 2.40. The largest absolute Gasteiger partial charge is 0.396 e. The molecule has 3 nitrogen and oxygen atoms in total. The maximum atomic E-state index is 13.4. The second-order valence-electron chi connectivity index (χ2n) is 6.35. The smallest absolute Gasteiger partial charge is 0.233 e. The summed E-state index contributed by atoms with van der Waals surface area (Å²) in [4.78, 5) is 14.0. The highest BCUT2D eigenvalue weighted by molar-refractivity contribution is 9.10. The molecule has 1 aromatic rings. The first-order chi connectivity index (χ1) is 10.3. The van der Waals surface area contributed by atoms with Gasteiger partial charge >= 0.3 is 0 Å². The first-order valence-electron chi connectivity index (χ1n) is 7.31. The zero-order chi connectivity index (χ0) is 16.3. The molecule has 1 heterocycles. The molecule has 1 aromatic carbocycles. The van der Waals surface area contributed by atoms with Crippen LogP contribution in [0, 0.1) is 11.2 Å². The minimum absolute atomic E-state index is 0.0540. The van der Waals surface area contributed by atoms with Crippen molar-refractivity contribution in [2.24, 2.45) is 5.41 Å². The molecule has 2 rings (SSSR count). The quantitative estimate of drug-likeness (QED) is 0.800. The molecule has 0 aromatic heterocycles. The second kappa shape index (κ2) is 7.32. The third-order valence-electron chi connectivity index (χ3n) is 3.88. The highest BCUT2D eigenvalue weighted by atomic mass is 79.9. The van der Waals surface area contributed by atoms with Crippen molar-refractivity contribution in [2.45, 2.75) is 32.1 Å². The van der Waals surface area contributed by atoms with Crippen LogP contribution >= 0.6 is 27.7 Å². The first-order valence-corrected chi connectivity index (χ1v) is 9.15. The van der Waals surface area contributed by atoms with Gasteiger partial charge in [-0.2, -0.15) is 0 Å². The van der Waals surface area contributed by atoms with Gasteiger partial charge in [-0.25, -0.2) is 4.39 Å². The van der Waals surface area contributed by atoms with Crippen LogP contribution in [-0.4, -0.2) is 34.8 Å². The molecule has 1 N–H and O–H groups in total. The number of benzene rings is 1. The molecule has 0 aliphatic carbocycles. The Balaban J connectivity index is 2.04. The number of rotatable bonds is 6. The molecule has 6 heteroatoms. The molecule has 1 aliphatic heterocycles. The van der Waals surface area contributed by atoms with Crippen molar-refractivity contribution in [1.29, 1.82) is 0 Å². The first kappa shape index (κ1) is 17.8. The van der Waals surface area contributed by atoms with Gasteiger partial charge in [-0.1, -0.05) is 19.9 Å². The Morgan fingerprint density at radius 2 is 2.23 bits per heavy atom. The van der Waals surface area contributed by atoms with E-state index in [1.165, 1.54) is 6.07 Å². The van der Waals surface area contributed by atoms with E-state index >= 15 is 0 Å². The normalized spacial score (nSPS) is 19.0. The monoisotopic (exact) mass is 389 g/mol. The number of halogens is 2. The van der Waals surface area contributed by atoms with Crippen LogP contribution in [0.3, 0.4) is 0 Å². The summed E-state index contributed by atoms with van der Waals surface area (Å²) in [6.07, 6.45) is 1.70. The molecule has 122 valence electrons. The summed E-state index contributed by atoms with van der Waals surface area (Å²) in [5.41, 5.74) is 0.815. The van der Waals surface area contributed by atoms with E-state index in [9.17, 15) is 14.3 Å². The molecular weight excluding hydrogens is 369 g/mol. The molecule has 22 heavy (non-hydrogen) atoms. The maximum absolute atomic E-state index is 13.4. The van der Waals surface area contributed by atoms with Crippen molar-refractivity contribution < 1.29 is 14.3 Å². The molecule has 0 spiro atoms. The fraction of sp³-hybridized carbons (Fsp3) is 0.562. The SMILES string of the molecule is CC(C)(CO)CCCN1C(=O)CSC1c1ccc(F)c(Br)c1. The zero-order valence-electron chi connectivity index (χ0n) is 12.8. The number of amides is 1. The Labute approximate surface area is 143 Å². The molecule has 0 saturated carbocycles. The maximum Gasteiger partial charge on any atom is 0.233 e. The van der Waals surface area contributed by atoms with E-state index in [2.05, 4.69) is 15.9 Å². The van der Waals surface area contributed by atoms with Gasteiger partial charge in [-0.05, 0) is 51.9 Å². The van der Waals surface area contributed by atoms with Crippen molar-refractivity contribution >= 4 is 33.6 Å². The van der Waals surface area contributed by atoms with E-state index in [1.807, 2.05) is 18.7 Å². The molecule has 0 bridgehead atoms. The van der Waals surface area contributed by atoms with Crippen molar-refractivity contribution in [3.63, 3.8) is 0 Å². The molecule has 1 saturated heterocycles. The van der Waals surface area contributed by atoms with E-state index < -0.39 is 0 Å². The Kier molecular flexibility index (Phi) is 5.91. The van der Waals surface area contributed by atoms with Crippen LogP contribution in [0.2, 0.25) is 0 Å². The fourth-order valence-electron chi connectivity index (χ4n) is 2.45. The van der Waals surface area contributed by atoms with Crippen LogP contribution in [0.15, 0.2) is 22.7 Å². The van der Waals surface area contributed by atoms with E-state index in [0.717, 1.165) is 18.4 Å². The van der Waals surface area contributed by atoms with Gasteiger partial charge in [-0.3, -0.25) is 4.79 Å². The van der Waals surface area contributed by atoms with Gasteiger partial charge in [0.25, 0.3) is 0 Å². The van der Waals surface area contributed by atoms with Crippen LogP contribution < -0.4 is 0 Å². The number of carbonyl (C=O) groups excluding carboxylic acids is 1. The molecule has 1 fully saturated rings. The van der Waals surface area contributed by atoms with Gasteiger partial charge in [0.05, 0.1) is 10.2 Å². The Morgan fingerprint density at radius 1 is 1.50 bits per heavy atom. The highest BCUT2D eigenvalue weighted by Gasteiger charge is 2.33. The van der Waals surface area contributed by atoms with Crippen LogP contribution in [0.25, 0.3) is 0 Å². The fourth-order valence-corrected chi connectivity index (χ4v) is 4.05. The van der Waals surface area contributed by atoms with E-state index in [0.29, 0.717) is 16.8 Å². The summed E-state index contributed by atoms with van der Waals surface area (Å²) in [7, 11) is 0. The molecular formula is C16H21BrFNO2S. The van der Waals surface area contributed by atoms with E-state index in [4.69, 9.17) is 0 Å². The Hall–Kier alpha value is -0.590. The number of hydrogen-bond acceptors (Lipinski definition) is 3. The molecule has 1 aliphatic rings. The van der Waals surface area contributed by atoms with Crippen LogP contribution in [-0.2, 0) is 4.79 Å². The predicted molar refractivity (Wildman–Crippen MR) is 91.1 cm³/mol. The van der Waals surface area contributed by atoms with Crippen LogP contribution in [0.5, 0.6) is 0 Å². The van der Waals surface area contributed by atoms with Gasteiger partial charge in [0.1, 0.15) is 11.2 Å². The van der Waals surface area contributed by atoms with Crippen LogP contribution in [0.4, 0.5) is 4.39 Å². The number of aliphatic hydroxyl groups excluding tert-OH is 1. The molecule has 0 radical (unpaired) electrons.